The molecule has 3 nitrogen and oxygen atoms in total. The molecule has 1 saturated carbocycles. The minimum atomic E-state index is -2.96. The molecule has 0 bridgehead atoms. The first kappa shape index (κ1) is 18.0. The van der Waals surface area contributed by atoms with Crippen LogP contribution in [0.5, 0.6) is 0 Å². The van der Waals surface area contributed by atoms with E-state index in [0.29, 0.717) is 17.6 Å². The zero-order valence-corrected chi connectivity index (χ0v) is 14.5. The molecule has 20 heavy (non-hydrogen) atoms. The Labute approximate surface area is 125 Å². The van der Waals surface area contributed by atoms with Gasteiger partial charge in [-0.15, -0.1) is 0 Å². The Bertz CT molecular complexity index is 365. The van der Waals surface area contributed by atoms with Gasteiger partial charge in [0.25, 0.3) is 0 Å². The van der Waals surface area contributed by atoms with Crippen molar-refractivity contribution in [2.45, 2.75) is 77.5 Å². The molecule has 1 aliphatic carbocycles. The van der Waals surface area contributed by atoms with E-state index >= 15 is 0 Å². The molecule has 0 aromatic heterocycles. The fourth-order valence-electron chi connectivity index (χ4n) is 3.36. The Morgan fingerprint density at radius 1 is 1.15 bits per heavy atom. The lowest BCUT2D eigenvalue weighted by molar-refractivity contribution is 0.242. The van der Waals surface area contributed by atoms with E-state index in [0.717, 1.165) is 45.1 Å². The van der Waals surface area contributed by atoms with Crippen LogP contribution in [-0.2, 0) is 9.84 Å². The molecule has 0 radical (unpaired) electrons. The van der Waals surface area contributed by atoms with Crippen LogP contribution >= 0.6 is 0 Å². The predicted octanol–water partition coefficient (Wildman–Crippen LogP) is 3.39. The zero-order valence-electron chi connectivity index (χ0n) is 13.7. The third-order valence-corrected chi connectivity index (χ3v) is 7.04. The van der Waals surface area contributed by atoms with Crippen molar-refractivity contribution in [1.82, 2.24) is 5.32 Å². The molecular formula is C16H33NO2S. The van der Waals surface area contributed by atoms with Crippen molar-refractivity contribution < 1.29 is 8.42 Å². The predicted molar refractivity (Wildman–Crippen MR) is 86.7 cm³/mol. The van der Waals surface area contributed by atoms with Crippen LogP contribution in [0.25, 0.3) is 0 Å². The number of hydrogen-bond donors (Lipinski definition) is 1. The van der Waals surface area contributed by atoms with Crippen LogP contribution in [0.1, 0.15) is 66.2 Å². The Hall–Kier alpha value is -0.0900. The second-order valence-corrected chi connectivity index (χ2v) is 8.93. The van der Waals surface area contributed by atoms with Gasteiger partial charge in [0.05, 0.1) is 11.0 Å². The lowest BCUT2D eigenvalue weighted by Crippen LogP contribution is -2.49. The molecule has 3 unspecified atom stereocenters. The van der Waals surface area contributed by atoms with E-state index in [1.54, 1.807) is 0 Å². The summed E-state index contributed by atoms with van der Waals surface area (Å²) in [4.78, 5) is 0. The van der Waals surface area contributed by atoms with Crippen LogP contribution in [0.2, 0.25) is 0 Å². The Kier molecular flexibility index (Phi) is 7.52. The second kappa shape index (κ2) is 8.38. The molecule has 0 spiro atoms. The molecule has 1 fully saturated rings. The molecule has 0 saturated heterocycles. The van der Waals surface area contributed by atoms with E-state index in [1.165, 1.54) is 0 Å². The smallest absolute Gasteiger partial charge is 0.154 e. The quantitative estimate of drug-likeness (QED) is 0.699. The van der Waals surface area contributed by atoms with Gasteiger partial charge in [-0.2, -0.15) is 0 Å². The van der Waals surface area contributed by atoms with Crippen LogP contribution < -0.4 is 5.32 Å². The summed E-state index contributed by atoms with van der Waals surface area (Å²) in [6, 6.07) is 0.168. The first-order valence-electron chi connectivity index (χ1n) is 8.37. The Morgan fingerprint density at radius 2 is 1.85 bits per heavy atom. The maximum atomic E-state index is 12.7. The Morgan fingerprint density at radius 3 is 2.40 bits per heavy atom. The van der Waals surface area contributed by atoms with Crippen molar-refractivity contribution >= 4 is 9.84 Å². The normalized spacial score (nSPS) is 27.9. The van der Waals surface area contributed by atoms with Gasteiger partial charge in [-0.25, -0.2) is 8.42 Å². The minimum absolute atomic E-state index is 0.166. The number of rotatable bonds is 8. The maximum absolute atomic E-state index is 12.7. The third-order valence-electron chi connectivity index (χ3n) is 4.74. The average molecular weight is 304 g/mol. The molecule has 1 N–H and O–H groups in total. The second-order valence-electron chi connectivity index (χ2n) is 6.59. The third kappa shape index (κ3) is 5.03. The molecule has 0 aromatic rings. The SMILES string of the molecule is CCCCCS(=O)(=O)C1CC(C(C)C)CCC1NCC. The van der Waals surface area contributed by atoms with Crippen LogP contribution in [0, 0.1) is 11.8 Å². The average Bonchev–Trinajstić information content (AvgIpc) is 2.39. The van der Waals surface area contributed by atoms with Crippen LogP contribution in [0.4, 0.5) is 0 Å². The van der Waals surface area contributed by atoms with Crippen molar-refractivity contribution in [2.75, 3.05) is 12.3 Å². The van der Waals surface area contributed by atoms with E-state index in [-0.39, 0.29) is 11.3 Å². The largest absolute Gasteiger partial charge is 0.313 e. The van der Waals surface area contributed by atoms with Gasteiger partial charge < -0.3 is 5.32 Å². The van der Waals surface area contributed by atoms with E-state index in [4.69, 9.17) is 0 Å². The molecule has 0 amide bonds. The maximum Gasteiger partial charge on any atom is 0.154 e. The molecule has 3 atom stereocenters. The summed E-state index contributed by atoms with van der Waals surface area (Å²) in [7, 11) is -2.96. The van der Waals surface area contributed by atoms with Crippen molar-refractivity contribution in [1.29, 1.82) is 0 Å². The van der Waals surface area contributed by atoms with Crippen molar-refractivity contribution in [2.24, 2.45) is 11.8 Å². The van der Waals surface area contributed by atoms with E-state index in [2.05, 4.69) is 33.0 Å². The van der Waals surface area contributed by atoms with Gasteiger partial charge in [0, 0.05) is 6.04 Å². The molecule has 0 aliphatic heterocycles. The van der Waals surface area contributed by atoms with E-state index < -0.39 is 9.84 Å². The summed E-state index contributed by atoms with van der Waals surface area (Å²) >= 11 is 0. The number of sulfone groups is 1. The van der Waals surface area contributed by atoms with Crippen molar-refractivity contribution in [3.8, 4) is 0 Å². The van der Waals surface area contributed by atoms with Crippen molar-refractivity contribution in [3.05, 3.63) is 0 Å². The lowest BCUT2D eigenvalue weighted by atomic mass is 9.79. The van der Waals surface area contributed by atoms with Gasteiger partial charge in [-0.1, -0.05) is 40.5 Å². The summed E-state index contributed by atoms with van der Waals surface area (Å²) in [6.45, 7) is 9.48. The van der Waals surface area contributed by atoms with Gasteiger partial charge in [0.15, 0.2) is 9.84 Å². The van der Waals surface area contributed by atoms with Gasteiger partial charge in [0.1, 0.15) is 0 Å². The van der Waals surface area contributed by atoms with Gasteiger partial charge in [0.2, 0.25) is 0 Å². The van der Waals surface area contributed by atoms with E-state index in [9.17, 15) is 8.42 Å². The number of unbranched alkanes of at least 4 members (excludes halogenated alkanes) is 2. The topological polar surface area (TPSA) is 46.2 Å². The zero-order chi connectivity index (χ0) is 15.2. The van der Waals surface area contributed by atoms with Gasteiger partial charge in [-0.3, -0.25) is 0 Å². The van der Waals surface area contributed by atoms with Crippen LogP contribution in [0.15, 0.2) is 0 Å². The Balaban J connectivity index is 2.76. The summed E-state index contributed by atoms with van der Waals surface area (Å²) in [5.74, 6) is 1.53. The lowest BCUT2D eigenvalue weighted by Gasteiger charge is -2.37. The molecule has 1 aliphatic rings. The summed E-state index contributed by atoms with van der Waals surface area (Å²) < 4.78 is 25.3. The van der Waals surface area contributed by atoms with Crippen LogP contribution in [-0.4, -0.2) is 32.0 Å². The highest BCUT2D eigenvalue weighted by atomic mass is 32.2. The number of hydrogen-bond acceptors (Lipinski definition) is 3. The van der Waals surface area contributed by atoms with Gasteiger partial charge in [-0.05, 0) is 44.1 Å². The summed E-state index contributed by atoms with van der Waals surface area (Å²) in [5, 5.41) is 3.25. The summed E-state index contributed by atoms with van der Waals surface area (Å²) in [6.07, 6.45) is 5.94. The molecular weight excluding hydrogens is 270 g/mol. The first-order valence-corrected chi connectivity index (χ1v) is 10.1. The highest BCUT2D eigenvalue weighted by Gasteiger charge is 2.38. The molecule has 0 heterocycles. The first-order chi connectivity index (χ1) is 9.42. The van der Waals surface area contributed by atoms with Crippen molar-refractivity contribution in [3.63, 3.8) is 0 Å². The molecule has 4 heteroatoms. The highest BCUT2D eigenvalue weighted by molar-refractivity contribution is 7.92. The fraction of sp³-hybridized carbons (Fsp3) is 1.00. The monoisotopic (exact) mass is 303 g/mol. The summed E-state index contributed by atoms with van der Waals surface area (Å²) in [5.41, 5.74) is 0. The standard InChI is InChI=1S/C16H33NO2S/c1-5-7-8-11-20(18,19)16-12-14(13(3)4)9-10-15(16)17-6-2/h13-17H,5-12H2,1-4H3. The fourth-order valence-corrected chi connectivity index (χ4v) is 5.55. The van der Waals surface area contributed by atoms with Gasteiger partial charge >= 0.3 is 0 Å². The number of nitrogens with one attached hydrogen (secondary N) is 1. The molecule has 0 aromatic carbocycles. The van der Waals surface area contributed by atoms with E-state index in [1.807, 2.05) is 0 Å². The van der Waals surface area contributed by atoms with Crippen LogP contribution in [0.3, 0.4) is 0 Å². The molecule has 1 rings (SSSR count). The molecule has 120 valence electrons. The minimum Gasteiger partial charge on any atom is -0.313 e. The highest BCUT2D eigenvalue weighted by Crippen LogP contribution is 2.34.